The minimum atomic E-state index is -0.601. The van der Waals surface area contributed by atoms with Gasteiger partial charge in [0.1, 0.15) is 0 Å². The van der Waals surface area contributed by atoms with Gasteiger partial charge in [0.25, 0.3) is 0 Å². The van der Waals surface area contributed by atoms with E-state index in [0.29, 0.717) is 18.7 Å². The number of halogens is 1. The minimum absolute atomic E-state index is 0.133. The number of hydrogen-bond acceptors (Lipinski definition) is 4. The maximum absolute atomic E-state index is 11.2. The number of amides is 1. The molecule has 5 nitrogen and oxygen atoms in total. The fraction of sp³-hybridized carbons (Fsp3) is 0.188. The number of primary amides is 1. The highest BCUT2D eigenvalue weighted by Gasteiger charge is 2.10. The van der Waals surface area contributed by atoms with Crippen LogP contribution in [0.2, 0.25) is 5.02 Å². The highest BCUT2D eigenvalue weighted by Crippen LogP contribution is 2.24. The number of carbonyl (C=O) groups excluding carboxylic acids is 1. The Hall–Kier alpha value is -2.24. The number of benzene rings is 2. The topological polar surface area (TPSA) is 101 Å². The molecule has 116 valence electrons. The summed E-state index contributed by atoms with van der Waals surface area (Å²) in [5, 5.41) is 12.4. The van der Waals surface area contributed by atoms with E-state index < -0.39 is 5.91 Å². The number of nitrogens with two attached hydrogens (primary N) is 2. The van der Waals surface area contributed by atoms with Gasteiger partial charge in [-0.15, -0.1) is 0 Å². The molecular formula is C16H18ClN3O2. The van der Waals surface area contributed by atoms with Crippen molar-refractivity contribution < 1.29 is 9.90 Å². The molecule has 0 heterocycles. The van der Waals surface area contributed by atoms with E-state index >= 15 is 0 Å². The quantitative estimate of drug-likeness (QED) is 0.613. The van der Waals surface area contributed by atoms with Crippen LogP contribution in [0.4, 0.5) is 11.4 Å². The van der Waals surface area contributed by atoms with E-state index in [4.69, 9.17) is 28.2 Å². The molecule has 0 aliphatic heterocycles. The molecule has 1 amide bonds. The van der Waals surface area contributed by atoms with Crippen LogP contribution in [0.1, 0.15) is 21.5 Å². The molecule has 2 rings (SSSR count). The van der Waals surface area contributed by atoms with Gasteiger partial charge in [0, 0.05) is 24.5 Å². The zero-order chi connectivity index (χ0) is 16.1. The average Bonchev–Trinajstić information content (AvgIpc) is 2.49. The molecular weight excluding hydrogens is 302 g/mol. The summed E-state index contributed by atoms with van der Waals surface area (Å²) in [6, 6.07) is 10.9. The molecule has 0 unspecified atom stereocenters. The zero-order valence-electron chi connectivity index (χ0n) is 12.0. The van der Waals surface area contributed by atoms with Crippen molar-refractivity contribution in [1.29, 1.82) is 0 Å². The van der Waals surface area contributed by atoms with Crippen molar-refractivity contribution in [3.8, 4) is 0 Å². The van der Waals surface area contributed by atoms with Crippen LogP contribution in [0.5, 0.6) is 0 Å². The van der Waals surface area contributed by atoms with Crippen molar-refractivity contribution >= 4 is 28.9 Å². The van der Waals surface area contributed by atoms with Crippen LogP contribution in [0, 0.1) is 0 Å². The molecule has 0 aliphatic carbocycles. The van der Waals surface area contributed by atoms with Gasteiger partial charge in [0.2, 0.25) is 5.91 Å². The molecule has 0 fully saturated rings. The molecule has 6 heteroatoms. The summed E-state index contributed by atoms with van der Waals surface area (Å²) in [4.78, 5) is 11.2. The highest BCUT2D eigenvalue weighted by atomic mass is 35.5. The van der Waals surface area contributed by atoms with Crippen molar-refractivity contribution in [2.75, 3.05) is 17.7 Å². The van der Waals surface area contributed by atoms with Gasteiger partial charge in [0.15, 0.2) is 0 Å². The zero-order valence-corrected chi connectivity index (χ0v) is 12.7. The van der Waals surface area contributed by atoms with Crippen LogP contribution < -0.4 is 16.8 Å². The Morgan fingerprint density at radius 1 is 1.23 bits per heavy atom. The predicted molar refractivity (Wildman–Crippen MR) is 88.9 cm³/mol. The first-order valence-electron chi connectivity index (χ1n) is 6.82. The summed E-state index contributed by atoms with van der Waals surface area (Å²) in [6.45, 7) is 0.609. The van der Waals surface area contributed by atoms with Gasteiger partial charge >= 0.3 is 0 Å². The van der Waals surface area contributed by atoms with Gasteiger partial charge in [-0.25, -0.2) is 0 Å². The Kier molecular flexibility index (Phi) is 5.25. The van der Waals surface area contributed by atoms with E-state index in [9.17, 15) is 4.79 Å². The van der Waals surface area contributed by atoms with Gasteiger partial charge in [-0.05, 0) is 41.8 Å². The second-order valence-electron chi connectivity index (χ2n) is 4.92. The third-order valence-electron chi connectivity index (χ3n) is 3.33. The Labute approximate surface area is 133 Å². The fourth-order valence-electron chi connectivity index (χ4n) is 2.09. The van der Waals surface area contributed by atoms with Crippen molar-refractivity contribution in [3.63, 3.8) is 0 Å². The van der Waals surface area contributed by atoms with Crippen molar-refractivity contribution in [2.24, 2.45) is 5.73 Å². The molecule has 0 spiro atoms. The maximum atomic E-state index is 11.2. The molecule has 2 aromatic carbocycles. The minimum Gasteiger partial charge on any atom is -0.398 e. The summed E-state index contributed by atoms with van der Waals surface area (Å²) in [7, 11) is 0. The first-order valence-corrected chi connectivity index (χ1v) is 7.20. The van der Waals surface area contributed by atoms with Crippen LogP contribution in [-0.4, -0.2) is 17.6 Å². The van der Waals surface area contributed by atoms with Crippen LogP contribution in [0.15, 0.2) is 36.4 Å². The van der Waals surface area contributed by atoms with Crippen molar-refractivity contribution in [3.05, 3.63) is 58.1 Å². The number of rotatable bonds is 6. The molecule has 0 saturated carbocycles. The molecule has 6 N–H and O–H groups in total. The normalized spacial score (nSPS) is 10.5. The van der Waals surface area contributed by atoms with Crippen LogP contribution in [-0.2, 0) is 13.0 Å². The van der Waals surface area contributed by atoms with Gasteiger partial charge in [-0.3, -0.25) is 4.79 Å². The number of anilines is 2. The smallest absolute Gasteiger partial charge is 0.250 e. The van der Waals surface area contributed by atoms with Crippen molar-refractivity contribution in [1.82, 2.24) is 0 Å². The monoisotopic (exact) mass is 319 g/mol. The molecule has 0 atom stereocenters. The molecule has 0 bridgehead atoms. The molecule has 2 aromatic rings. The third-order valence-corrected chi connectivity index (χ3v) is 3.64. The van der Waals surface area contributed by atoms with Crippen LogP contribution in [0.25, 0.3) is 0 Å². The maximum Gasteiger partial charge on any atom is 0.250 e. The standard InChI is InChI=1S/C16H18ClN3O2/c17-14-7-11(15(18)8-13(14)16(19)22)9-20-12-3-1-10(2-4-12)5-6-21/h1-4,7-8,20-21H,5-6,9,18H2,(H2,19,22). The number of aliphatic hydroxyl groups excluding tert-OH is 1. The number of carbonyl (C=O) groups is 1. The number of hydrogen-bond donors (Lipinski definition) is 4. The molecule has 0 radical (unpaired) electrons. The van der Waals surface area contributed by atoms with Gasteiger partial charge in [0.05, 0.1) is 10.6 Å². The summed E-state index contributed by atoms with van der Waals surface area (Å²) in [5.41, 5.74) is 14.6. The Morgan fingerprint density at radius 2 is 1.91 bits per heavy atom. The SMILES string of the molecule is NC(=O)c1cc(N)c(CNc2ccc(CCO)cc2)cc1Cl. The predicted octanol–water partition coefficient (Wildman–Crippen LogP) is 2.17. The molecule has 0 aliphatic rings. The lowest BCUT2D eigenvalue weighted by atomic mass is 10.1. The van der Waals surface area contributed by atoms with E-state index in [1.54, 1.807) is 6.07 Å². The van der Waals surface area contributed by atoms with Gasteiger partial charge < -0.3 is 21.9 Å². The summed E-state index contributed by atoms with van der Waals surface area (Å²) in [6.07, 6.45) is 0.636. The molecule has 22 heavy (non-hydrogen) atoms. The lowest BCUT2D eigenvalue weighted by Crippen LogP contribution is -2.13. The first-order chi connectivity index (χ1) is 10.5. The first kappa shape index (κ1) is 16.1. The van der Waals surface area contributed by atoms with E-state index in [0.717, 1.165) is 16.8 Å². The second-order valence-corrected chi connectivity index (χ2v) is 5.33. The number of nitrogens with one attached hydrogen (secondary N) is 1. The second kappa shape index (κ2) is 7.15. The van der Waals surface area contributed by atoms with E-state index in [-0.39, 0.29) is 17.2 Å². The number of aliphatic hydroxyl groups is 1. The lowest BCUT2D eigenvalue weighted by Gasteiger charge is -2.11. The fourth-order valence-corrected chi connectivity index (χ4v) is 2.37. The Balaban J connectivity index is 2.08. The van der Waals surface area contributed by atoms with E-state index in [1.165, 1.54) is 6.07 Å². The molecule has 0 saturated heterocycles. The van der Waals surface area contributed by atoms with Crippen LogP contribution >= 0.6 is 11.6 Å². The average molecular weight is 320 g/mol. The van der Waals surface area contributed by atoms with E-state index in [2.05, 4.69) is 5.32 Å². The molecule has 0 aromatic heterocycles. The summed E-state index contributed by atoms with van der Waals surface area (Å²) < 4.78 is 0. The Morgan fingerprint density at radius 3 is 2.50 bits per heavy atom. The number of nitrogen functional groups attached to an aromatic ring is 1. The van der Waals surface area contributed by atoms with Crippen molar-refractivity contribution in [2.45, 2.75) is 13.0 Å². The van der Waals surface area contributed by atoms with E-state index in [1.807, 2.05) is 24.3 Å². The van der Waals surface area contributed by atoms with Gasteiger partial charge in [-0.1, -0.05) is 23.7 Å². The largest absolute Gasteiger partial charge is 0.398 e. The Bertz CT molecular complexity index is 672. The summed E-state index contributed by atoms with van der Waals surface area (Å²) in [5.74, 6) is -0.601. The van der Waals surface area contributed by atoms with Crippen LogP contribution in [0.3, 0.4) is 0 Å². The summed E-state index contributed by atoms with van der Waals surface area (Å²) >= 11 is 6.03. The highest BCUT2D eigenvalue weighted by molar-refractivity contribution is 6.34. The van der Waals surface area contributed by atoms with Gasteiger partial charge in [-0.2, -0.15) is 0 Å². The lowest BCUT2D eigenvalue weighted by molar-refractivity contribution is 0.100. The third kappa shape index (κ3) is 3.90.